The Bertz CT molecular complexity index is 383. The number of anilines is 2. The largest absolute Gasteiger partial charge is 0.480 e. The summed E-state index contributed by atoms with van der Waals surface area (Å²) in [5.41, 5.74) is -0.0802. The van der Waals surface area contributed by atoms with Gasteiger partial charge in [0.1, 0.15) is 18.2 Å². The summed E-state index contributed by atoms with van der Waals surface area (Å²) in [7, 11) is 1.66. The third kappa shape index (κ3) is 4.67. The van der Waals surface area contributed by atoms with Crippen molar-refractivity contribution in [3.8, 4) is 0 Å². The molecule has 1 aromatic heterocycles. The molecule has 0 unspecified atom stereocenters. The minimum absolute atomic E-state index is 0.0802. The normalized spacial score (nSPS) is 11.1. The maximum Gasteiger partial charge on any atom is 0.323 e. The molecule has 94 valence electrons. The van der Waals surface area contributed by atoms with Crippen molar-refractivity contribution in [1.29, 1.82) is 0 Å². The lowest BCUT2D eigenvalue weighted by molar-refractivity contribution is -0.135. The molecule has 2 N–H and O–H groups in total. The molecule has 6 heteroatoms. The number of hydrogen-bond donors (Lipinski definition) is 2. The van der Waals surface area contributed by atoms with Crippen LogP contribution in [0.15, 0.2) is 12.4 Å². The lowest BCUT2D eigenvalue weighted by atomic mass is 10.1. The van der Waals surface area contributed by atoms with Crippen molar-refractivity contribution in [2.24, 2.45) is 0 Å². The molecule has 0 atom stereocenters. The second-order valence-corrected chi connectivity index (χ2v) is 4.88. The van der Waals surface area contributed by atoms with E-state index < -0.39 is 5.97 Å². The minimum atomic E-state index is -0.897. The first-order valence-electron chi connectivity index (χ1n) is 5.31. The summed E-state index contributed by atoms with van der Waals surface area (Å²) in [5, 5.41) is 11.8. The van der Waals surface area contributed by atoms with E-state index in [0.717, 1.165) is 0 Å². The highest BCUT2D eigenvalue weighted by molar-refractivity contribution is 5.72. The molecule has 1 heterocycles. The molecule has 0 radical (unpaired) electrons. The van der Waals surface area contributed by atoms with Gasteiger partial charge in [0, 0.05) is 12.6 Å². The van der Waals surface area contributed by atoms with Gasteiger partial charge in [-0.25, -0.2) is 9.97 Å². The van der Waals surface area contributed by atoms with Gasteiger partial charge in [-0.2, -0.15) is 0 Å². The van der Waals surface area contributed by atoms with Gasteiger partial charge in [-0.15, -0.1) is 0 Å². The molecule has 0 saturated carbocycles. The maximum atomic E-state index is 10.5. The highest BCUT2D eigenvalue weighted by atomic mass is 16.4. The smallest absolute Gasteiger partial charge is 0.323 e. The number of aliphatic carboxylic acids is 1. The predicted molar refractivity (Wildman–Crippen MR) is 66.3 cm³/mol. The zero-order chi connectivity index (χ0) is 13.1. The fraction of sp³-hybridized carbons (Fsp3) is 0.545. The fourth-order valence-corrected chi connectivity index (χ4v) is 1.25. The van der Waals surface area contributed by atoms with Crippen molar-refractivity contribution in [2.45, 2.75) is 26.3 Å². The summed E-state index contributed by atoms with van der Waals surface area (Å²) in [6.45, 7) is 5.98. The van der Waals surface area contributed by atoms with Crippen LogP contribution in [0.1, 0.15) is 20.8 Å². The number of carboxylic acid groups (broad SMARTS) is 1. The van der Waals surface area contributed by atoms with Gasteiger partial charge in [-0.1, -0.05) is 0 Å². The Hall–Kier alpha value is -1.85. The van der Waals surface area contributed by atoms with Crippen molar-refractivity contribution >= 4 is 17.6 Å². The Kier molecular flexibility index (Phi) is 3.88. The predicted octanol–water partition coefficient (Wildman–Crippen LogP) is 1.21. The zero-order valence-electron chi connectivity index (χ0n) is 10.6. The summed E-state index contributed by atoms with van der Waals surface area (Å²) >= 11 is 0. The van der Waals surface area contributed by atoms with E-state index >= 15 is 0 Å². The van der Waals surface area contributed by atoms with Crippen molar-refractivity contribution in [3.05, 3.63) is 12.4 Å². The van der Waals surface area contributed by atoms with Crippen LogP contribution in [0.3, 0.4) is 0 Å². The molecule has 0 amide bonds. The highest BCUT2D eigenvalue weighted by Gasteiger charge is 2.11. The molecule has 0 saturated heterocycles. The van der Waals surface area contributed by atoms with E-state index in [1.54, 1.807) is 19.4 Å². The van der Waals surface area contributed by atoms with Gasteiger partial charge >= 0.3 is 5.97 Å². The van der Waals surface area contributed by atoms with Crippen LogP contribution in [0.2, 0.25) is 0 Å². The van der Waals surface area contributed by atoms with Crippen LogP contribution in [0, 0.1) is 0 Å². The van der Waals surface area contributed by atoms with Gasteiger partial charge < -0.3 is 15.3 Å². The Balaban J connectivity index is 2.71. The van der Waals surface area contributed by atoms with Crippen LogP contribution in [-0.2, 0) is 4.79 Å². The van der Waals surface area contributed by atoms with Gasteiger partial charge in [0.05, 0.1) is 12.4 Å². The number of nitrogens with zero attached hydrogens (tertiary/aromatic N) is 3. The van der Waals surface area contributed by atoms with Crippen LogP contribution in [0.5, 0.6) is 0 Å². The fourth-order valence-electron chi connectivity index (χ4n) is 1.25. The summed E-state index contributed by atoms with van der Waals surface area (Å²) in [5.74, 6) is 0.308. The average molecular weight is 238 g/mol. The SMILES string of the molecule is CN(CC(=O)O)c1cnc(NC(C)(C)C)cn1. The first-order valence-corrected chi connectivity index (χ1v) is 5.31. The van der Waals surface area contributed by atoms with E-state index in [2.05, 4.69) is 15.3 Å². The van der Waals surface area contributed by atoms with E-state index in [9.17, 15) is 4.79 Å². The van der Waals surface area contributed by atoms with Crippen molar-refractivity contribution in [3.63, 3.8) is 0 Å². The van der Waals surface area contributed by atoms with Crippen LogP contribution in [0.25, 0.3) is 0 Å². The van der Waals surface area contributed by atoms with Crippen LogP contribution >= 0.6 is 0 Å². The Morgan fingerprint density at radius 1 is 1.41 bits per heavy atom. The molecule has 0 aliphatic heterocycles. The number of carboxylic acids is 1. The molecule has 0 aromatic carbocycles. The van der Waals surface area contributed by atoms with Crippen molar-refractivity contribution < 1.29 is 9.90 Å². The summed E-state index contributed by atoms with van der Waals surface area (Å²) in [6, 6.07) is 0. The van der Waals surface area contributed by atoms with Crippen LogP contribution in [0.4, 0.5) is 11.6 Å². The number of hydrogen-bond acceptors (Lipinski definition) is 5. The van der Waals surface area contributed by atoms with Gasteiger partial charge in [0.15, 0.2) is 0 Å². The molecular formula is C11H18N4O2. The molecule has 1 rings (SSSR count). The second-order valence-electron chi connectivity index (χ2n) is 4.88. The first-order chi connectivity index (χ1) is 7.78. The average Bonchev–Trinajstić information content (AvgIpc) is 2.15. The number of rotatable bonds is 4. The summed E-state index contributed by atoms with van der Waals surface area (Å²) in [6.07, 6.45) is 3.15. The Morgan fingerprint density at radius 3 is 2.47 bits per heavy atom. The highest BCUT2D eigenvalue weighted by Crippen LogP contribution is 2.13. The number of likely N-dealkylation sites (N-methyl/N-ethyl adjacent to an activating group) is 1. The third-order valence-electron chi connectivity index (χ3n) is 1.90. The molecule has 0 spiro atoms. The standard InChI is InChI=1S/C11H18N4O2/c1-11(2,3)14-8-5-13-9(6-12-8)15(4)7-10(16)17/h5-6H,7H2,1-4H3,(H,12,14)(H,16,17). The maximum absolute atomic E-state index is 10.5. The molecule has 6 nitrogen and oxygen atoms in total. The van der Waals surface area contributed by atoms with Gasteiger partial charge in [0.25, 0.3) is 0 Å². The van der Waals surface area contributed by atoms with E-state index in [1.807, 2.05) is 20.8 Å². The minimum Gasteiger partial charge on any atom is -0.480 e. The Morgan fingerprint density at radius 2 is 2.06 bits per heavy atom. The molecule has 0 aliphatic carbocycles. The third-order valence-corrected chi connectivity index (χ3v) is 1.90. The number of nitrogens with one attached hydrogen (secondary N) is 1. The molecule has 0 bridgehead atoms. The first kappa shape index (κ1) is 13.2. The van der Waals surface area contributed by atoms with E-state index in [1.165, 1.54) is 4.90 Å². The lowest BCUT2D eigenvalue weighted by Crippen LogP contribution is -2.28. The quantitative estimate of drug-likeness (QED) is 0.820. The molecule has 1 aromatic rings. The number of aromatic nitrogens is 2. The van der Waals surface area contributed by atoms with Gasteiger partial charge in [-0.05, 0) is 20.8 Å². The summed E-state index contributed by atoms with van der Waals surface area (Å²) < 4.78 is 0. The molecular weight excluding hydrogens is 220 g/mol. The zero-order valence-corrected chi connectivity index (χ0v) is 10.6. The van der Waals surface area contributed by atoms with Crippen molar-refractivity contribution in [2.75, 3.05) is 23.8 Å². The monoisotopic (exact) mass is 238 g/mol. The van der Waals surface area contributed by atoms with Crippen LogP contribution < -0.4 is 10.2 Å². The lowest BCUT2D eigenvalue weighted by Gasteiger charge is -2.21. The second kappa shape index (κ2) is 4.99. The van der Waals surface area contributed by atoms with Gasteiger partial charge in [-0.3, -0.25) is 4.79 Å². The Labute approximate surface area is 101 Å². The van der Waals surface area contributed by atoms with Gasteiger partial charge in [0.2, 0.25) is 0 Å². The van der Waals surface area contributed by atoms with E-state index in [4.69, 9.17) is 5.11 Å². The topological polar surface area (TPSA) is 78.4 Å². The van der Waals surface area contributed by atoms with Crippen LogP contribution in [-0.4, -0.2) is 40.2 Å². The molecule has 0 fully saturated rings. The summed E-state index contributed by atoms with van der Waals surface area (Å²) in [4.78, 5) is 20.4. The van der Waals surface area contributed by atoms with Crippen molar-refractivity contribution in [1.82, 2.24) is 9.97 Å². The molecule has 17 heavy (non-hydrogen) atoms. The number of carbonyl (C=O) groups is 1. The molecule has 0 aliphatic rings. The van der Waals surface area contributed by atoms with E-state index in [0.29, 0.717) is 11.6 Å². The van der Waals surface area contributed by atoms with E-state index in [-0.39, 0.29) is 12.1 Å².